The van der Waals surface area contributed by atoms with E-state index in [1.165, 1.54) is 5.56 Å². The van der Waals surface area contributed by atoms with E-state index in [1.54, 1.807) is 6.08 Å². The quantitative estimate of drug-likeness (QED) is 0.657. The van der Waals surface area contributed by atoms with Crippen LogP contribution in [0.15, 0.2) is 60.2 Å². The Balaban J connectivity index is 1.99. The molecule has 3 nitrogen and oxygen atoms in total. The van der Waals surface area contributed by atoms with E-state index in [0.29, 0.717) is 6.54 Å². The topological polar surface area (TPSA) is 52.9 Å². The lowest BCUT2D eigenvalue weighted by Crippen LogP contribution is -2.26. The standard InChI is InChI=1S/C22H24N2O/c1-22(2,3)20-11-9-18(10-12-20)15-19(16-23)21(25)24-14-13-17-7-5-4-6-8-17/h4-12,15H,13-14H2,1-3H3,(H,24,25)/b19-15-. The Hall–Kier alpha value is -2.86. The van der Waals surface area contributed by atoms with Crippen LogP contribution in [0.5, 0.6) is 0 Å². The van der Waals surface area contributed by atoms with E-state index in [0.717, 1.165) is 17.5 Å². The van der Waals surface area contributed by atoms with Gasteiger partial charge < -0.3 is 5.32 Å². The maximum Gasteiger partial charge on any atom is 0.261 e. The summed E-state index contributed by atoms with van der Waals surface area (Å²) in [5, 5.41) is 12.1. The molecule has 0 saturated heterocycles. The molecule has 2 aromatic rings. The SMILES string of the molecule is CC(C)(C)c1ccc(/C=C(/C#N)C(=O)NCCc2ccccc2)cc1. The van der Waals surface area contributed by atoms with Crippen LogP contribution in [0, 0.1) is 11.3 Å². The molecule has 0 aromatic heterocycles. The zero-order valence-corrected chi connectivity index (χ0v) is 15.0. The number of benzene rings is 2. The van der Waals surface area contributed by atoms with Crippen LogP contribution in [0.25, 0.3) is 6.08 Å². The molecule has 1 N–H and O–H groups in total. The van der Waals surface area contributed by atoms with Crippen LogP contribution >= 0.6 is 0 Å². The summed E-state index contributed by atoms with van der Waals surface area (Å²) < 4.78 is 0. The normalized spacial score (nSPS) is 11.7. The number of rotatable bonds is 5. The molecule has 0 fully saturated rings. The zero-order valence-electron chi connectivity index (χ0n) is 15.0. The molecule has 0 unspecified atom stereocenters. The minimum absolute atomic E-state index is 0.0785. The third-order valence-corrected chi connectivity index (χ3v) is 3.99. The van der Waals surface area contributed by atoms with Crippen molar-refractivity contribution in [3.05, 3.63) is 76.9 Å². The van der Waals surface area contributed by atoms with E-state index >= 15 is 0 Å². The second-order valence-electron chi connectivity index (χ2n) is 7.03. The van der Waals surface area contributed by atoms with E-state index < -0.39 is 0 Å². The number of hydrogen-bond donors (Lipinski definition) is 1. The first-order chi connectivity index (χ1) is 11.9. The van der Waals surface area contributed by atoms with Crippen molar-refractivity contribution in [2.24, 2.45) is 0 Å². The number of carbonyl (C=O) groups excluding carboxylic acids is 1. The molecule has 2 aromatic carbocycles. The Bertz CT molecular complexity index is 776. The lowest BCUT2D eigenvalue weighted by Gasteiger charge is -2.18. The van der Waals surface area contributed by atoms with Gasteiger partial charge in [-0.1, -0.05) is 75.4 Å². The molecule has 0 radical (unpaired) electrons. The van der Waals surface area contributed by atoms with Gasteiger partial charge in [0.05, 0.1) is 0 Å². The maximum absolute atomic E-state index is 12.2. The van der Waals surface area contributed by atoms with Gasteiger partial charge in [0, 0.05) is 6.54 Å². The average Bonchev–Trinajstić information content (AvgIpc) is 2.60. The molecule has 0 saturated carbocycles. The first-order valence-corrected chi connectivity index (χ1v) is 8.44. The first kappa shape index (κ1) is 18.5. The molecule has 1 amide bonds. The predicted molar refractivity (Wildman–Crippen MR) is 102 cm³/mol. The van der Waals surface area contributed by atoms with E-state index in [4.69, 9.17) is 0 Å². The Morgan fingerprint density at radius 2 is 1.72 bits per heavy atom. The van der Waals surface area contributed by atoms with Gasteiger partial charge in [0.15, 0.2) is 0 Å². The van der Waals surface area contributed by atoms with Gasteiger partial charge in [0.1, 0.15) is 11.6 Å². The van der Waals surface area contributed by atoms with Gasteiger partial charge in [-0.05, 0) is 34.6 Å². The van der Waals surface area contributed by atoms with Crippen molar-refractivity contribution in [2.45, 2.75) is 32.6 Å². The lowest BCUT2D eigenvalue weighted by atomic mass is 9.86. The number of nitriles is 1. The molecule has 0 bridgehead atoms. The zero-order chi connectivity index (χ0) is 18.3. The molecule has 3 heteroatoms. The highest BCUT2D eigenvalue weighted by atomic mass is 16.1. The van der Waals surface area contributed by atoms with Crippen molar-refractivity contribution >= 4 is 12.0 Å². The van der Waals surface area contributed by atoms with E-state index in [1.807, 2.05) is 60.7 Å². The van der Waals surface area contributed by atoms with Gasteiger partial charge in [-0.2, -0.15) is 5.26 Å². The van der Waals surface area contributed by atoms with Gasteiger partial charge >= 0.3 is 0 Å². The van der Waals surface area contributed by atoms with E-state index in [2.05, 4.69) is 26.1 Å². The Morgan fingerprint density at radius 3 is 2.28 bits per heavy atom. The average molecular weight is 332 g/mol. The van der Waals surface area contributed by atoms with Crippen LogP contribution in [0.1, 0.15) is 37.5 Å². The second kappa shape index (κ2) is 8.30. The molecule has 0 aliphatic rings. The Labute approximate surface area is 150 Å². The summed E-state index contributed by atoms with van der Waals surface area (Å²) in [5.74, 6) is -0.335. The van der Waals surface area contributed by atoms with Gasteiger partial charge in [0.2, 0.25) is 0 Å². The molecule has 0 atom stereocenters. The molecule has 128 valence electrons. The summed E-state index contributed by atoms with van der Waals surface area (Å²) in [7, 11) is 0. The fourth-order valence-electron chi connectivity index (χ4n) is 2.45. The summed E-state index contributed by atoms with van der Waals surface area (Å²) in [6.07, 6.45) is 2.37. The molecular formula is C22H24N2O. The van der Waals surface area contributed by atoms with Gasteiger partial charge in [-0.25, -0.2) is 0 Å². The minimum atomic E-state index is -0.335. The van der Waals surface area contributed by atoms with Crippen molar-refractivity contribution < 1.29 is 4.79 Å². The number of nitrogens with one attached hydrogen (secondary N) is 1. The van der Waals surface area contributed by atoms with Crippen molar-refractivity contribution in [3.63, 3.8) is 0 Å². The molecule has 2 rings (SSSR count). The first-order valence-electron chi connectivity index (χ1n) is 8.44. The van der Waals surface area contributed by atoms with Crippen LogP contribution in [0.3, 0.4) is 0 Å². The smallest absolute Gasteiger partial charge is 0.261 e. The maximum atomic E-state index is 12.2. The van der Waals surface area contributed by atoms with Crippen molar-refractivity contribution in [1.29, 1.82) is 5.26 Å². The Kier molecular flexibility index (Phi) is 6.14. The van der Waals surface area contributed by atoms with Crippen LogP contribution in [-0.4, -0.2) is 12.5 Å². The third kappa shape index (κ3) is 5.61. The highest BCUT2D eigenvalue weighted by molar-refractivity contribution is 6.01. The molecule has 0 aliphatic carbocycles. The van der Waals surface area contributed by atoms with Gasteiger partial charge in [0.25, 0.3) is 5.91 Å². The summed E-state index contributed by atoms with van der Waals surface area (Å²) in [5.41, 5.74) is 3.42. The molecule has 0 spiro atoms. The van der Waals surface area contributed by atoms with E-state index in [-0.39, 0.29) is 16.9 Å². The predicted octanol–water partition coefficient (Wildman–Crippen LogP) is 4.25. The van der Waals surface area contributed by atoms with Crippen LogP contribution < -0.4 is 5.32 Å². The monoisotopic (exact) mass is 332 g/mol. The van der Waals surface area contributed by atoms with Crippen LogP contribution in [0.4, 0.5) is 0 Å². The highest BCUT2D eigenvalue weighted by Crippen LogP contribution is 2.22. The van der Waals surface area contributed by atoms with Gasteiger partial charge in [-0.15, -0.1) is 0 Å². The number of hydrogen-bond acceptors (Lipinski definition) is 2. The largest absolute Gasteiger partial charge is 0.351 e. The van der Waals surface area contributed by atoms with Crippen LogP contribution in [0.2, 0.25) is 0 Å². The summed E-state index contributed by atoms with van der Waals surface area (Å²) in [4.78, 5) is 12.2. The lowest BCUT2D eigenvalue weighted by molar-refractivity contribution is -0.117. The van der Waals surface area contributed by atoms with E-state index in [9.17, 15) is 10.1 Å². The third-order valence-electron chi connectivity index (χ3n) is 3.99. The van der Waals surface area contributed by atoms with Crippen molar-refractivity contribution in [2.75, 3.05) is 6.54 Å². The number of amides is 1. The van der Waals surface area contributed by atoms with Gasteiger partial charge in [-0.3, -0.25) is 4.79 Å². The van der Waals surface area contributed by atoms with Crippen LogP contribution in [-0.2, 0) is 16.6 Å². The summed E-state index contributed by atoms with van der Waals surface area (Å²) in [6, 6.07) is 19.9. The van der Waals surface area contributed by atoms with Crippen molar-refractivity contribution in [3.8, 4) is 6.07 Å². The minimum Gasteiger partial charge on any atom is -0.351 e. The Morgan fingerprint density at radius 1 is 1.08 bits per heavy atom. The fraction of sp³-hybridized carbons (Fsp3) is 0.273. The number of carbonyl (C=O) groups is 1. The molecular weight excluding hydrogens is 308 g/mol. The highest BCUT2D eigenvalue weighted by Gasteiger charge is 2.13. The van der Waals surface area contributed by atoms with Crippen molar-refractivity contribution in [1.82, 2.24) is 5.32 Å². The molecule has 25 heavy (non-hydrogen) atoms. The molecule has 0 heterocycles. The summed E-state index contributed by atoms with van der Waals surface area (Å²) >= 11 is 0. The summed E-state index contributed by atoms with van der Waals surface area (Å²) in [6.45, 7) is 6.96. The number of nitrogens with zero attached hydrogens (tertiary/aromatic N) is 1. The fourth-order valence-corrected chi connectivity index (χ4v) is 2.45. The molecule has 0 aliphatic heterocycles. The second-order valence-corrected chi connectivity index (χ2v) is 7.03.